The van der Waals surface area contributed by atoms with E-state index in [-0.39, 0.29) is 0 Å². The molecule has 3 N–H and O–H groups in total. The van der Waals surface area contributed by atoms with Crippen molar-refractivity contribution in [3.8, 4) is 0 Å². The van der Waals surface area contributed by atoms with Crippen molar-refractivity contribution < 1.29 is 9.84 Å². The fourth-order valence-electron chi connectivity index (χ4n) is 1.63. The van der Waals surface area contributed by atoms with Gasteiger partial charge in [0.15, 0.2) is 0 Å². The highest BCUT2D eigenvalue weighted by Crippen LogP contribution is 2.31. The first-order chi connectivity index (χ1) is 6.81. The Morgan fingerprint density at radius 1 is 1.64 bits per heavy atom. The zero-order valence-corrected chi connectivity index (χ0v) is 8.85. The molecule has 1 aliphatic heterocycles. The van der Waals surface area contributed by atoms with E-state index in [0.29, 0.717) is 19.6 Å². The van der Waals surface area contributed by atoms with Crippen LogP contribution in [0.15, 0.2) is 6.07 Å². The molecule has 0 aliphatic carbocycles. The first-order valence-electron chi connectivity index (χ1n) is 4.88. The number of fused-ring (bicyclic) bond motifs is 1. The van der Waals surface area contributed by atoms with Gasteiger partial charge in [0.2, 0.25) is 0 Å². The second kappa shape index (κ2) is 4.40. The van der Waals surface area contributed by atoms with Gasteiger partial charge in [-0.2, -0.15) is 0 Å². The number of rotatable bonds is 3. The molecule has 4 heteroatoms. The SMILES string of the molecule is NCCC(O)c1cc2c(s1)CCOC2. The molecule has 0 radical (unpaired) electrons. The summed E-state index contributed by atoms with van der Waals surface area (Å²) in [7, 11) is 0. The maximum atomic E-state index is 9.76. The van der Waals surface area contributed by atoms with Gasteiger partial charge in [0.25, 0.3) is 0 Å². The van der Waals surface area contributed by atoms with E-state index in [1.54, 1.807) is 11.3 Å². The number of thiophene rings is 1. The maximum Gasteiger partial charge on any atom is 0.0894 e. The average molecular weight is 213 g/mol. The Balaban J connectivity index is 2.15. The van der Waals surface area contributed by atoms with Gasteiger partial charge >= 0.3 is 0 Å². The van der Waals surface area contributed by atoms with Crippen molar-refractivity contribution in [2.45, 2.75) is 25.6 Å². The van der Waals surface area contributed by atoms with Gasteiger partial charge in [0.05, 0.1) is 19.3 Å². The molecular weight excluding hydrogens is 198 g/mol. The Morgan fingerprint density at radius 3 is 3.21 bits per heavy atom. The summed E-state index contributed by atoms with van der Waals surface area (Å²) in [6, 6.07) is 2.06. The Labute approximate surface area is 87.5 Å². The zero-order chi connectivity index (χ0) is 9.97. The second-order valence-corrected chi connectivity index (χ2v) is 4.66. The minimum Gasteiger partial charge on any atom is -0.388 e. The van der Waals surface area contributed by atoms with Crippen LogP contribution < -0.4 is 5.73 Å². The number of nitrogens with two attached hydrogens (primary N) is 1. The minimum atomic E-state index is -0.393. The lowest BCUT2D eigenvalue weighted by Gasteiger charge is -2.10. The monoisotopic (exact) mass is 213 g/mol. The van der Waals surface area contributed by atoms with Crippen molar-refractivity contribution in [1.82, 2.24) is 0 Å². The van der Waals surface area contributed by atoms with Crippen molar-refractivity contribution in [2.75, 3.05) is 13.2 Å². The van der Waals surface area contributed by atoms with Crippen LogP contribution in [0.5, 0.6) is 0 Å². The number of aliphatic hydroxyl groups excluding tert-OH is 1. The first kappa shape index (κ1) is 10.1. The molecule has 0 saturated heterocycles. The fraction of sp³-hybridized carbons (Fsp3) is 0.600. The largest absolute Gasteiger partial charge is 0.388 e. The van der Waals surface area contributed by atoms with E-state index in [0.717, 1.165) is 17.9 Å². The number of aliphatic hydroxyl groups is 1. The summed E-state index contributed by atoms with van der Waals surface area (Å²) in [5, 5.41) is 9.76. The number of ether oxygens (including phenoxy) is 1. The molecule has 0 fully saturated rings. The molecule has 0 saturated carbocycles. The molecule has 14 heavy (non-hydrogen) atoms. The molecule has 0 aromatic carbocycles. The fourth-order valence-corrected chi connectivity index (χ4v) is 2.81. The van der Waals surface area contributed by atoms with Gasteiger partial charge in [-0.05, 0) is 24.6 Å². The summed E-state index contributed by atoms with van der Waals surface area (Å²) in [5.74, 6) is 0. The van der Waals surface area contributed by atoms with Crippen LogP contribution in [0.4, 0.5) is 0 Å². The molecule has 0 amide bonds. The van der Waals surface area contributed by atoms with Crippen LogP contribution in [-0.2, 0) is 17.8 Å². The van der Waals surface area contributed by atoms with Crippen molar-refractivity contribution in [3.05, 3.63) is 21.4 Å². The summed E-state index contributed by atoms with van der Waals surface area (Å²) >= 11 is 1.70. The molecule has 3 nitrogen and oxygen atoms in total. The molecule has 2 heterocycles. The van der Waals surface area contributed by atoms with Crippen LogP contribution in [0.3, 0.4) is 0 Å². The zero-order valence-electron chi connectivity index (χ0n) is 8.03. The van der Waals surface area contributed by atoms with Crippen molar-refractivity contribution in [2.24, 2.45) is 5.73 Å². The Kier molecular flexibility index (Phi) is 3.18. The normalized spacial score (nSPS) is 17.9. The molecule has 0 bridgehead atoms. The van der Waals surface area contributed by atoms with E-state index in [1.165, 1.54) is 10.4 Å². The quantitative estimate of drug-likeness (QED) is 0.793. The van der Waals surface area contributed by atoms with Gasteiger partial charge < -0.3 is 15.6 Å². The van der Waals surface area contributed by atoms with Gasteiger partial charge in [-0.25, -0.2) is 0 Å². The van der Waals surface area contributed by atoms with E-state index >= 15 is 0 Å². The van der Waals surface area contributed by atoms with E-state index in [2.05, 4.69) is 6.07 Å². The summed E-state index contributed by atoms with van der Waals surface area (Å²) in [6.45, 7) is 2.03. The molecular formula is C10H15NO2S. The van der Waals surface area contributed by atoms with Crippen LogP contribution >= 0.6 is 11.3 Å². The standard InChI is InChI=1S/C10H15NO2S/c11-3-1-8(12)10-5-7-6-13-4-2-9(7)14-10/h5,8,12H,1-4,6,11H2. The van der Waals surface area contributed by atoms with Crippen molar-refractivity contribution in [3.63, 3.8) is 0 Å². The summed E-state index contributed by atoms with van der Waals surface area (Å²) < 4.78 is 5.35. The molecule has 0 spiro atoms. The summed E-state index contributed by atoms with van der Waals surface area (Å²) in [5.41, 5.74) is 6.65. The smallest absolute Gasteiger partial charge is 0.0894 e. The van der Waals surface area contributed by atoms with Gasteiger partial charge in [-0.1, -0.05) is 0 Å². The van der Waals surface area contributed by atoms with Crippen LogP contribution in [0.25, 0.3) is 0 Å². The van der Waals surface area contributed by atoms with E-state index in [4.69, 9.17) is 10.5 Å². The van der Waals surface area contributed by atoms with Crippen LogP contribution in [0.2, 0.25) is 0 Å². The Hall–Kier alpha value is -0.420. The minimum absolute atomic E-state index is 0.393. The number of hydrogen-bond acceptors (Lipinski definition) is 4. The van der Waals surface area contributed by atoms with Crippen molar-refractivity contribution >= 4 is 11.3 Å². The third-order valence-corrected chi connectivity index (χ3v) is 3.75. The van der Waals surface area contributed by atoms with Gasteiger partial charge in [0, 0.05) is 16.2 Å². The third-order valence-electron chi connectivity index (χ3n) is 2.42. The maximum absolute atomic E-state index is 9.76. The predicted octanol–water partition coefficient (Wildman–Crippen LogP) is 1.20. The highest BCUT2D eigenvalue weighted by Gasteiger charge is 2.17. The molecule has 2 rings (SSSR count). The molecule has 1 aromatic heterocycles. The Bertz CT molecular complexity index is 288. The van der Waals surface area contributed by atoms with Gasteiger partial charge in [0.1, 0.15) is 0 Å². The second-order valence-electron chi connectivity index (χ2n) is 3.49. The van der Waals surface area contributed by atoms with Crippen LogP contribution in [-0.4, -0.2) is 18.3 Å². The molecule has 1 atom stereocenters. The Morgan fingerprint density at radius 2 is 2.50 bits per heavy atom. The number of hydrogen-bond donors (Lipinski definition) is 2. The molecule has 1 aliphatic rings. The van der Waals surface area contributed by atoms with E-state index in [9.17, 15) is 5.11 Å². The van der Waals surface area contributed by atoms with Gasteiger partial charge in [-0.3, -0.25) is 0 Å². The molecule has 1 unspecified atom stereocenters. The lowest BCUT2D eigenvalue weighted by Crippen LogP contribution is -2.06. The van der Waals surface area contributed by atoms with E-state index < -0.39 is 6.10 Å². The lowest BCUT2D eigenvalue weighted by atomic mass is 10.1. The van der Waals surface area contributed by atoms with Crippen molar-refractivity contribution in [1.29, 1.82) is 0 Å². The lowest BCUT2D eigenvalue weighted by molar-refractivity contribution is 0.112. The highest BCUT2D eigenvalue weighted by molar-refractivity contribution is 7.12. The molecule has 78 valence electrons. The molecule has 1 aromatic rings. The van der Waals surface area contributed by atoms with Gasteiger partial charge in [-0.15, -0.1) is 11.3 Å². The topological polar surface area (TPSA) is 55.5 Å². The van der Waals surface area contributed by atoms with Crippen LogP contribution in [0.1, 0.15) is 27.8 Å². The predicted molar refractivity (Wildman–Crippen MR) is 56.3 cm³/mol. The summed E-state index contributed by atoms with van der Waals surface area (Å²) in [4.78, 5) is 2.40. The average Bonchev–Trinajstić information content (AvgIpc) is 2.61. The third kappa shape index (κ3) is 1.98. The van der Waals surface area contributed by atoms with Crippen LogP contribution in [0, 0.1) is 0 Å². The highest BCUT2D eigenvalue weighted by atomic mass is 32.1. The first-order valence-corrected chi connectivity index (χ1v) is 5.70. The summed E-state index contributed by atoms with van der Waals surface area (Å²) in [6.07, 6.45) is 1.23. The van der Waals surface area contributed by atoms with E-state index in [1.807, 2.05) is 0 Å².